The average Bonchev–Trinajstić information content (AvgIpc) is 3.52. The molecule has 1 aliphatic rings. The molecule has 0 saturated heterocycles. The first kappa shape index (κ1) is 46.9. The molecule has 1 N–H and O–H groups in total. The van der Waals surface area contributed by atoms with Gasteiger partial charge in [-0.1, -0.05) is 19.8 Å². The Morgan fingerprint density at radius 1 is 0.821 bits per heavy atom. The van der Waals surface area contributed by atoms with Gasteiger partial charge in [0.25, 0.3) is 10.1 Å². The number of thiophene rings is 1. The Kier molecular flexibility index (Phi) is 20.9. The van der Waals surface area contributed by atoms with Crippen LogP contribution in [0.1, 0.15) is 72.8 Å². The molecule has 0 aliphatic heterocycles. The summed E-state index contributed by atoms with van der Waals surface area (Å²) in [6.45, 7) is 12.3. The van der Waals surface area contributed by atoms with Gasteiger partial charge in [-0.2, -0.15) is 8.42 Å². The summed E-state index contributed by atoms with van der Waals surface area (Å²) in [5, 5.41) is 9.17. The van der Waals surface area contributed by atoms with Gasteiger partial charge in [0.2, 0.25) is 0 Å². The monoisotopic (exact) mass is 827 g/mol. The molecule has 1 aromatic heterocycles. The van der Waals surface area contributed by atoms with E-state index in [2.05, 4.69) is 22.1 Å². The van der Waals surface area contributed by atoms with Crippen LogP contribution in [0, 0.1) is 18.8 Å². The second kappa shape index (κ2) is 25.0. The Morgan fingerprint density at radius 3 is 1.95 bits per heavy atom. The number of aryl methyl sites for hydroxylation is 1. The lowest BCUT2D eigenvalue weighted by Crippen LogP contribution is -2.35. The van der Waals surface area contributed by atoms with Crippen molar-refractivity contribution >= 4 is 55.7 Å². The van der Waals surface area contributed by atoms with Crippen LogP contribution < -0.4 is 4.90 Å². The minimum atomic E-state index is -4.40. The summed E-state index contributed by atoms with van der Waals surface area (Å²) in [4.78, 5) is 39.2. The van der Waals surface area contributed by atoms with Gasteiger partial charge in [-0.15, -0.1) is 21.6 Å². The molecule has 2 atom stereocenters. The van der Waals surface area contributed by atoms with Crippen LogP contribution in [0.5, 0.6) is 0 Å². The van der Waals surface area contributed by atoms with E-state index in [1.165, 1.54) is 7.11 Å². The maximum absolute atomic E-state index is 12.6. The van der Waals surface area contributed by atoms with E-state index in [-0.39, 0.29) is 42.2 Å². The number of carbonyl (C=O) groups excluding carboxylic acids is 3. The van der Waals surface area contributed by atoms with E-state index in [9.17, 15) is 27.4 Å². The fourth-order valence-corrected chi connectivity index (χ4v) is 8.14. The quantitative estimate of drug-likeness (QED) is 0.0380. The third-order valence-electron chi connectivity index (χ3n) is 9.08. The van der Waals surface area contributed by atoms with Crippen molar-refractivity contribution < 1.29 is 60.5 Å². The molecule has 2 aromatic rings. The predicted octanol–water partition coefficient (Wildman–Crippen LogP) is 6.01. The normalized spacial score (nSPS) is 15.9. The number of esters is 3. The smallest absolute Gasteiger partial charge is 0.348 e. The summed E-state index contributed by atoms with van der Waals surface area (Å²) in [5.74, 6) is -3.00. The Bertz CT molecular complexity index is 1680. The number of ether oxygens (including phenoxy) is 7. The molecule has 314 valence electrons. The lowest BCUT2D eigenvalue weighted by molar-refractivity contribution is -0.162. The third kappa shape index (κ3) is 15.4. The molecule has 1 fully saturated rings. The van der Waals surface area contributed by atoms with Crippen molar-refractivity contribution in [3.05, 3.63) is 39.8 Å². The summed E-state index contributed by atoms with van der Waals surface area (Å²) in [6, 6.07) is 5.80. The molecule has 0 bridgehead atoms. The summed E-state index contributed by atoms with van der Waals surface area (Å²) in [5.41, 5.74) is 3.18. The minimum absolute atomic E-state index is 0.0878. The summed E-state index contributed by atoms with van der Waals surface area (Å²) in [7, 11) is -3.06. The zero-order valence-electron chi connectivity index (χ0n) is 33.1. The van der Waals surface area contributed by atoms with Crippen LogP contribution in [0.4, 0.5) is 16.4 Å². The van der Waals surface area contributed by atoms with Gasteiger partial charge in [0.05, 0.1) is 84.1 Å². The maximum Gasteiger partial charge on any atom is 0.348 e. The van der Waals surface area contributed by atoms with Gasteiger partial charge < -0.3 is 38.1 Å². The van der Waals surface area contributed by atoms with Gasteiger partial charge in [0.1, 0.15) is 22.2 Å². The summed E-state index contributed by atoms with van der Waals surface area (Å²) < 4.78 is 70.6. The molecule has 0 radical (unpaired) electrons. The van der Waals surface area contributed by atoms with Crippen LogP contribution in [-0.2, 0) is 65.0 Å². The maximum atomic E-state index is 12.6. The van der Waals surface area contributed by atoms with E-state index in [1.807, 2.05) is 32.0 Å². The van der Waals surface area contributed by atoms with Crippen LogP contribution in [0.15, 0.2) is 28.4 Å². The fourth-order valence-electron chi connectivity index (χ4n) is 6.24. The van der Waals surface area contributed by atoms with E-state index in [0.717, 1.165) is 42.0 Å². The largest absolute Gasteiger partial charge is 0.469 e. The van der Waals surface area contributed by atoms with Crippen LogP contribution in [0.2, 0.25) is 0 Å². The van der Waals surface area contributed by atoms with Gasteiger partial charge in [0, 0.05) is 24.3 Å². The fraction of sp³-hybridized carbons (Fsp3) is 0.658. The molecule has 0 spiro atoms. The Balaban J connectivity index is 1.31. The molecule has 56 heavy (non-hydrogen) atoms. The lowest BCUT2D eigenvalue weighted by Gasteiger charge is -2.27. The zero-order valence-corrected chi connectivity index (χ0v) is 34.8. The Morgan fingerprint density at radius 2 is 1.41 bits per heavy atom. The van der Waals surface area contributed by atoms with Crippen LogP contribution in [0.3, 0.4) is 0 Å². The van der Waals surface area contributed by atoms with E-state index >= 15 is 0 Å². The van der Waals surface area contributed by atoms with E-state index in [1.54, 1.807) is 6.92 Å². The topological polar surface area (TPSA) is 198 Å². The molecule has 18 heteroatoms. The van der Waals surface area contributed by atoms with Crippen molar-refractivity contribution in [1.82, 2.24) is 0 Å². The molecule has 1 aromatic carbocycles. The molecule has 1 aliphatic carbocycles. The van der Waals surface area contributed by atoms with E-state index < -0.39 is 33.7 Å². The first-order valence-corrected chi connectivity index (χ1v) is 21.5. The van der Waals surface area contributed by atoms with Crippen LogP contribution in [0.25, 0.3) is 0 Å². The van der Waals surface area contributed by atoms with Gasteiger partial charge >= 0.3 is 17.9 Å². The third-order valence-corrected chi connectivity index (χ3v) is 10.9. The van der Waals surface area contributed by atoms with Crippen molar-refractivity contribution in [3.63, 3.8) is 0 Å². The zero-order chi connectivity index (χ0) is 40.9. The summed E-state index contributed by atoms with van der Waals surface area (Å²) >= 11 is 0.991. The van der Waals surface area contributed by atoms with Crippen molar-refractivity contribution in [3.8, 4) is 0 Å². The van der Waals surface area contributed by atoms with Gasteiger partial charge in [0.15, 0.2) is 0 Å². The van der Waals surface area contributed by atoms with Gasteiger partial charge in [-0.05, 0) is 69.4 Å². The predicted molar refractivity (Wildman–Crippen MR) is 210 cm³/mol. The molecular weight excluding hydrogens is 771 g/mol. The highest BCUT2D eigenvalue weighted by molar-refractivity contribution is 7.85. The van der Waals surface area contributed by atoms with E-state index in [4.69, 9.17) is 33.2 Å². The lowest BCUT2D eigenvalue weighted by atomic mass is 9.79. The van der Waals surface area contributed by atoms with Gasteiger partial charge in [-0.25, -0.2) is 4.79 Å². The van der Waals surface area contributed by atoms with Crippen molar-refractivity contribution in [2.24, 2.45) is 22.1 Å². The molecule has 3 rings (SSSR count). The second-order valence-corrected chi connectivity index (χ2v) is 15.3. The SMILES string of the molecule is CCOC(=O)c1sc(N=Nc2ccc(N(CC)CCOCCOCCOCCOCCOC(=O)C3CCCCC3C(=O)OC)cc2C)c(CC)c1CS(=O)(=O)O. The number of hydrogen-bond donors (Lipinski definition) is 1. The number of azo groups is 1. The van der Waals surface area contributed by atoms with Crippen molar-refractivity contribution in [1.29, 1.82) is 0 Å². The molecule has 16 nitrogen and oxygen atoms in total. The number of anilines is 1. The standard InChI is InChI=1S/C38H57N3O13S2/c1-6-29-32(26-56(45,46)47)34(38(44)53-8-3)55-35(29)40-39-33-14-13-28(25-27(33)4)41(7-2)15-16-49-17-18-50-19-20-51-21-22-52-23-24-54-37(43)31-12-10-9-11-30(31)36(42)48-5/h13-14,25,30-31H,6-12,15-24,26H2,1-5H3,(H,45,46,47). The molecule has 0 amide bonds. The highest BCUT2D eigenvalue weighted by Gasteiger charge is 2.37. The molecule has 2 unspecified atom stereocenters. The first-order valence-electron chi connectivity index (χ1n) is 19.0. The number of hydrogen-bond acceptors (Lipinski definition) is 16. The Labute approximate surface area is 333 Å². The average molecular weight is 828 g/mol. The van der Waals surface area contributed by atoms with Crippen molar-refractivity contribution in [2.45, 2.75) is 65.6 Å². The molecule has 1 saturated carbocycles. The van der Waals surface area contributed by atoms with Crippen LogP contribution >= 0.6 is 11.3 Å². The van der Waals surface area contributed by atoms with Gasteiger partial charge in [-0.3, -0.25) is 14.1 Å². The molecule has 1 heterocycles. The number of carbonyl (C=O) groups is 3. The number of methoxy groups -OCH3 is 1. The first-order chi connectivity index (χ1) is 26.9. The second-order valence-electron chi connectivity index (χ2n) is 12.9. The van der Waals surface area contributed by atoms with Crippen molar-refractivity contribution in [2.75, 3.05) is 91.2 Å². The summed E-state index contributed by atoms with van der Waals surface area (Å²) in [6.07, 6.45) is 3.44. The van der Waals surface area contributed by atoms with Crippen LogP contribution in [-0.4, -0.2) is 117 Å². The number of nitrogens with zero attached hydrogens (tertiary/aromatic N) is 3. The number of benzene rings is 1. The highest BCUT2D eigenvalue weighted by Crippen LogP contribution is 2.39. The molecular formula is C38H57N3O13S2. The Hall–Kier alpha value is -3.52. The minimum Gasteiger partial charge on any atom is -0.469 e. The van der Waals surface area contributed by atoms with E-state index in [0.29, 0.717) is 88.3 Å². The number of likely N-dealkylation sites (N-methyl/N-ethyl adjacent to an activating group) is 1. The highest BCUT2D eigenvalue weighted by atomic mass is 32.2. The number of rotatable bonds is 26.